The molecule has 2 aromatic rings. The maximum absolute atomic E-state index is 12.1. The fraction of sp³-hybridized carbons (Fsp3) is 0.250. The first-order valence-electron chi connectivity index (χ1n) is 6.91. The monoisotopic (exact) mass is 323 g/mol. The number of halogens is 3. The van der Waals surface area contributed by atoms with E-state index in [0.717, 1.165) is 11.1 Å². The van der Waals surface area contributed by atoms with Crippen molar-refractivity contribution in [3.63, 3.8) is 0 Å². The summed E-state index contributed by atoms with van der Waals surface area (Å²) in [6, 6.07) is 3.60. The van der Waals surface area contributed by atoms with Crippen molar-refractivity contribution in [1.29, 1.82) is 0 Å². The van der Waals surface area contributed by atoms with Crippen molar-refractivity contribution in [2.45, 2.75) is 19.8 Å². The number of aromatic nitrogens is 3. The summed E-state index contributed by atoms with van der Waals surface area (Å²) in [5.41, 5.74) is 2.84. The molecule has 0 atom stereocenters. The molecule has 2 heterocycles. The molecule has 0 amide bonds. The number of alkyl halides is 3. The molecule has 0 radical (unpaired) electrons. The molecule has 0 bridgehead atoms. The van der Waals surface area contributed by atoms with Crippen molar-refractivity contribution >= 4 is 5.57 Å². The summed E-state index contributed by atoms with van der Waals surface area (Å²) in [6.07, 6.45) is 3.94. The van der Waals surface area contributed by atoms with Crippen molar-refractivity contribution in [1.82, 2.24) is 14.8 Å². The third-order valence-corrected chi connectivity index (χ3v) is 3.00. The second kappa shape index (κ2) is 7.23. The summed E-state index contributed by atoms with van der Waals surface area (Å²) >= 11 is 0. The maximum atomic E-state index is 12.1. The van der Waals surface area contributed by atoms with Crippen LogP contribution in [0, 0.1) is 0 Å². The second-order valence-electron chi connectivity index (χ2n) is 4.72. The van der Waals surface area contributed by atoms with E-state index in [1.165, 1.54) is 4.68 Å². The lowest BCUT2D eigenvalue weighted by atomic mass is 10.0. The van der Waals surface area contributed by atoms with Crippen LogP contribution in [0.5, 0.6) is 0 Å². The molecule has 0 aliphatic rings. The lowest BCUT2D eigenvalue weighted by Gasteiger charge is -2.06. The molecule has 4 nitrogen and oxygen atoms in total. The predicted molar refractivity (Wildman–Crippen MR) is 81.3 cm³/mol. The Morgan fingerprint density at radius 1 is 1.43 bits per heavy atom. The zero-order valence-corrected chi connectivity index (χ0v) is 12.5. The highest BCUT2D eigenvalue weighted by atomic mass is 19.4. The molecule has 0 saturated heterocycles. The van der Waals surface area contributed by atoms with Crippen LogP contribution in [0.2, 0.25) is 0 Å². The van der Waals surface area contributed by atoms with Crippen LogP contribution >= 0.6 is 0 Å². The number of pyridine rings is 1. The Bertz CT molecular complexity index is 690. The lowest BCUT2D eigenvalue weighted by molar-refractivity contribution is -0.325. The number of nitrogens with zero attached hydrogens (tertiary/aromatic N) is 3. The van der Waals surface area contributed by atoms with Crippen LogP contribution in [0.3, 0.4) is 0 Å². The fourth-order valence-electron chi connectivity index (χ4n) is 2.03. The predicted octanol–water partition coefficient (Wildman–Crippen LogP) is 4.07. The first-order chi connectivity index (χ1) is 10.9. The van der Waals surface area contributed by atoms with E-state index in [1.54, 1.807) is 24.7 Å². The van der Waals surface area contributed by atoms with Gasteiger partial charge >= 0.3 is 6.36 Å². The summed E-state index contributed by atoms with van der Waals surface area (Å²) in [4.78, 5) is 4.04. The van der Waals surface area contributed by atoms with E-state index >= 15 is 0 Å². The van der Waals surface area contributed by atoms with E-state index in [-0.39, 0.29) is 6.54 Å². The van der Waals surface area contributed by atoms with E-state index in [0.29, 0.717) is 11.3 Å². The Balaban J connectivity index is 2.27. The smallest absolute Gasteiger partial charge is 0.290 e. The molecule has 0 aromatic carbocycles. The topological polar surface area (TPSA) is 39.9 Å². The molecular weight excluding hydrogens is 307 g/mol. The number of rotatable bonds is 6. The van der Waals surface area contributed by atoms with Crippen LogP contribution in [0.15, 0.2) is 49.5 Å². The Kier molecular flexibility index (Phi) is 5.33. The number of hydrogen-bond acceptors (Lipinski definition) is 3. The summed E-state index contributed by atoms with van der Waals surface area (Å²) in [7, 11) is 0. The van der Waals surface area contributed by atoms with Crippen molar-refractivity contribution < 1.29 is 17.9 Å². The maximum Gasteiger partial charge on any atom is 0.522 e. The molecule has 2 rings (SSSR count). The first kappa shape index (κ1) is 17.0. The Labute approximate surface area is 131 Å². The standard InChI is InChI=1S/C16H16F3N3O/c1-3-5-12(2)14-11-22(8-9-23-16(17,18)19)21-15(14)13-6-4-7-20-10-13/h3-7,10-11H,2,8-9H2,1H3/b5-3-. The minimum Gasteiger partial charge on any atom is -0.290 e. The Hall–Kier alpha value is -2.41. The van der Waals surface area contributed by atoms with Gasteiger partial charge in [0.25, 0.3) is 0 Å². The summed E-state index contributed by atoms with van der Waals surface area (Å²) in [5, 5.41) is 4.34. The highest BCUT2D eigenvalue weighted by Crippen LogP contribution is 2.27. The minimum atomic E-state index is -4.64. The van der Waals surface area contributed by atoms with Crippen LogP contribution < -0.4 is 0 Å². The SMILES string of the molecule is C=C(/C=C\C)c1cn(CCOC(F)(F)F)nc1-c1cccnc1. The van der Waals surface area contributed by atoms with E-state index < -0.39 is 13.0 Å². The van der Waals surface area contributed by atoms with Crippen LogP contribution in [-0.4, -0.2) is 27.7 Å². The molecule has 0 spiro atoms. The van der Waals surface area contributed by atoms with Crippen LogP contribution in [0.25, 0.3) is 16.8 Å². The molecule has 7 heteroatoms. The Morgan fingerprint density at radius 2 is 2.22 bits per heavy atom. The highest BCUT2D eigenvalue weighted by molar-refractivity contribution is 5.81. The zero-order valence-electron chi connectivity index (χ0n) is 12.5. The van der Waals surface area contributed by atoms with E-state index in [4.69, 9.17) is 0 Å². The van der Waals surface area contributed by atoms with Gasteiger partial charge in [0.15, 0.2) is 0 Å². The van der Waals surface area contributed by atoms with Gasteiger partial charge in [-0.2, -0.15) is 5.10 Å². The van der Waals surface area contributed by atoms with Gasteiger partial charge in [-0.1, -0.05) is 18.7 Å². The molecule has 0 saturated carbocycles. The third kappa shape index (κ3) is 4.79. The molecule has 0 N–H and O–H groups in total. The van der Waals surface area contributed by atoms with Gasteiger partial charge in [-0.25, -0.2) is 0 Å². The fourth-order valence-corrected chi connectivity index (χ4v) is 2.03. The molecule has 0 fully saturated rings. The zero-order chi connectivity index (χ0) is 16.9. The minimum absolute atomic E-state index is 0.0180. The molecule has 122 valence electrons. The number of ether oxygens (including phenoxy) is 1. The first-order valence-corrected chi connectivity index (χ1v) is 6.91. The number of allylic oxidation sites excluding steroid dienone is 3. The largest absolute Gasteiger partial charge is 0.522 e. The third-order valence-electron chi connectivity index (χ3n) is 3.00. The molecule has 0 unspecified atom stereocenters. The normalized spacial score (nSPS) is 12.0. The van der Waals surface area contributed by atoms with Crippen LogP contribution in [0.1, 0.15) is 12.5 Å². The van der Waals surface area contributed by atoms with E-state index in [2.05, 4.69) is 21.4 Å². The van der Waals surface area contributed by atoms with Crippen molar-refractivity contribution in [2.24, 2.45) is 0 Å². The summed E-state index contributed by atoms with van der Waals surface area (Å²) < 4.78 is 41.4. The number of hydrogen-bond donors (Lipinski definition) is 0. The molecule has 0 aliphatic heterocycles. The van der Waals surface area contributed by atoms with Gasteiger partial charge in [-0.05, 0) is 24.6 Å². The lowest BCUT2D eigenvalue weighted by Crippen LogP contribution is -2.17. The van der Waals surface area contributed by atoms with Gasteiger partial charge in [0.05, 0.1) is 13.2 Å². The molecule has 23 heavy (non-hydrogen) atoms. The van der Waals surface area contributed by atoms with Gasteiger partial charge in [-0.15, -0.1) is 13.2 Å². The van der Waals surface area contributed by atoms with Gasteiger partial charge in [0, 0.05) is 29.7 Å². The van der Waals surface area contributed by atoms with Crippen molar-refractivity contribution in [2.75, 3.05) is 6.61 Å². The second-order valence-corrected chi connectivity index (χ2v) is 4.72. The van der Waals surface area contributed by atoms with Gasteiger partial charge in [0.2, 0.25) is 0 Å². The van der Waals surface area contributed by atoms with Crippen LogP contribution in [0.4, 0.5) is 13.2 Å². The van der Waals surface area contributed by atoms with Crippen molar-refractivity contribution in [3.8, 4) is 11.3 Å². The van der Waals surface area contributed by atoms with E-state index in [1.807, 2.05) is 25.1 Å². The summed E-state index contributed by atoms with van der Waals surface area (Å²) in [6.45, 7) is 5.29. The average molecular weight is 323 g/mol. The van der Waals surface area contributed by atoms with E-state index in [9.17, 15) is 13.2 Å². The molecule has 2 aromatic heterocycles. The van der Waals surface area contributed by atoms with Crippen LogP contribution in [-0.2, 0) is 11.3 Å². The highest BCUT2D eigenvalue weighted by Gasteiger charge is 2.28. The van der Waals surface area contributed by atoms with Gasteiger partial charge < -0.3 is 0 Å². The molecular formula is C16H16F3N3O. The quantitative estimate of drug-likeness (QED) is 0.752. The molecule has 0 aliphatic carbocycles. The van der Waals surface area contributed by atoms with Gasteiger partial charge in [0.1, 0.15) is 5.69 Å². The van der Waals surface area contributed by atoms with Crippen molar-refractivity contribution in [3.05, 3.63) is 55.0 Å². The Morgan fingerprint density at radius 3 is 2.83 bits per heavy atom. The summed E-state index contributed by atoms with van der Waals surface area (Å²) in [5.74, 6) is 0. The average Bonchev–Trinajstić information content (AvgIpc) is 2.91. The van der Waals surface area contributed by atoms with Gasteiger partial charge in [-0.3, -0.25) is 14.4 Å².